The van der Waals surface area contributed by atoms with Gasteiger partial charge in [-0.3, -0.25) is 4.79 Å². The third-order valence-corrected chi connectivity index (χ3v) is 5.56. The fourth-order valence-electron chi connectivity index (χ4n) is 3.34. The Morgan fingerprint density at radius 2 is 1.77 bits per heavy atom. The lowest BCUT2D eigenvalue weighted by molar-refractivity contribution is -0.119. The van der Waals surface area contributed by atoms with E-state index in [0.29, 0.717) is 23.2 Å². The van der Waals surface area contributed by atoms with Crippen LogP contribution in [0, 0.1) is 0 Å². The first kappa shape index (κ1) is 20.8. The minimum absolute atomic E-state index is 0.272. The molecule has 3 aromatic rings. The molecule has 4 rings (SSSR count). The molecule has 0 saturated carbocycles. The average Bonchev–Trinajstić information content (AvgIpc) is 2.79. The molecule has 1 unspecified atom stereocenters. The molecule has 7 heteroatoms. The van der Waals surface area contributed by atoms with E-state index < -0.39 is 30.6 Å². The van der Waals surface area contributed by atoms with Crippen molar-refractivity contribution in [2.24, 2.45) is 0 Å². The van der Waals surface area contributed by atoms with Gasteiger partial charge < -0.3 is 14.8 Å². The third-order valence-electron chi connectivity index (χ3n) is 4.87. The molecular weight excluding hydrogens is 462 g/mol. The van der Waals surface area contributed by atoms with Gasteiger partial charge in [-0.2, -0.15) is 0 Å². The molecule has 1 amide bonds. The maximum atomic E-state index is 12.5. The van der Waals surface area contributed by atoms with Crippen molar-refractivity contribution >= 4 is 39.5 Å². The summed E-state index contributed by atoms with van der Waals surface area (Å²) in [7, 11) is 0. The Bertz CT molecular complexity index is 1150. The SMILES string of the molecule is O=C(COC(=O)c1ccc2c(c1)CC(c1ccccc1)OC2=O)Nc1ccccc1Br. The molecule has 156 valence electrons. The molecule has 3 aromatic carbocycles. The topological polar surface area (TPSA) is 81.7 Å². The van der Waals surface area contributed by atoms with Crippen molar-refractivity contribution in [1.29, 1.82) is 0 Å². The van der Waals surface area contributed by atoms with Gasteiger partial charge in [-0.15, -0.1) is 0 Å². The number of para-hydroxylation sites is 1. The molecule has 0 saturated heterocycles. The van der Waals surface area contributed by atoms with Gasteiger partial charge in [0.05, 0.1) is 16.8 Å². The van der Waals surface area contributed by atoms with Gasteiger partial charge in [0.25, 0.3) is 5.91 Å². The summed E-state index contributed by atoms with van der Waals surface area (Å²) < 4.78 is 11.4. The second kappa shape index (κ2) is 9.14. The fourth-order valence-corrected chi connectivity index (χ4v) is 3.72. The Hall–Kier alpha value is -3.45. The summed E-state index contributed by atoms with van der Waals surface area (Å²) >= 11 is 3.34. The lowest BCUT2D eigenvalue weighted by Gasteiger charge is -2.25. The van der Waals surface area contributed by atoms with Crippen LogP contribution in [0.4, 0.5) is 5.69 Å². The van der Waals surface area contributed by atoms with E-state index in [9.17, 15) is 14.4 Å². The highest BCUT2D eigenvalue weighted by molar-refractivity contribution is 9.10. The largest absolute Gasteiger partial charge is 0.454 e. The number of carbonyl (C=O) groups excluding carboxylic acids is 3. The van der Waals surface area contributed by atoms with Gasteiger partial charge in [-0.1, -0.05) is 42.5 Å². The molecule has 1 aliphatic heterocycles. The zero-order valence-corrected chi connectivity index (χ0v) is 17.9. The summed E-state index contributed by atoms with van der Waals surface area (Å²) in [6.45, 7) is -0.425. The van der Waals surface area contributed by atoms with E-state index >= 15 is 0 Å². The van der Waals surface area contributed by atoms with Crippen molar-refractivity contribution in [1.82, 2.24) is 0 Å². The van der Waals surface area contributed by atoms with Crippen molar-refractivity contribution in [2.45, 2.75) is 12.5 Å². The van der Waals surface area contributed by atoms with E-state index in [1.807, 2.05) is 36.4 Å². The van der Waals surface area contributed by atoms with Crippen molar-refractivity contribution in [3.8, 4) is 0 Å². The molecule has 0 radical (unpaired) electrons. The maximum absolute atomic E-state index is 12.5. The van der Waals surface area contributed by atoms with Crippen LogP contribution in [0.3, 0.4) is 0 Å². The van der Waals surface area contributed by atoms with Crippen LogP contribution in [0.25, 0.3) is 0 Å². The van der Waals surface area contributed by atoms with E-state index in [1.165, 1.54) is 6.07 Å². The second-order valence-electron chi connectivity index (χ2n) is 6.98. The maximum Gasteiger partial charge on any atom is 0.339 e. The van der Waals surface area contributed by atoms with Crippen molar-refractivity contribution in [3.05, 3.63) is 99.5 Å². The standard InChI is InChI=1S/C24H18BrNO5/c25-19-8-4-5-9-20(19)26-22(27)14-30-23(28)16-10-11-18-17(12-16)13-21(31-24(18)29)15-6-2-1-3-7-15/h1-12,21H,13-14H2,(H,26,27). The highest BCUT2D eigenvalue weighted by atomic mass is 79.9. The van der Waals surface area contributed by atoms with E-state index in [-0.39, 0.29) is 5.56 Å². The average molecular weight is 480 g/mol. The fraction of sp³-hybridized carbons (Fsp3) is 0.125. The summed E-state index contributed by atoms with van der Waals surface area (Å²) in [6, 6.07) is 21.3. The van der Waals surface area contributed by atoms with Gasteiger partial charge in [0.15, 0.2) is 6.61 Å². The minimum atomic E-state index is -0.639. The Morgan fingerprint density at radius 1 is 1.03 bits per heavy atom. The number of anilines is 1. The number of rotatable bonds is 5. The van der Waals surface area contributed by atoms with Crippen LogP contribution in [-0.2, 0) is 20.7 Å². The molecular formula is C24H18BrNO5. The number of carbonyl (C=O) groups is 3. The highest BCUT2D eigenvalue weighted by Crippen LogP contribution is 2.31. The summed E-state index contributed by atoms with van der Waals surface area (Å²) in [4.78, 5) is 36.9. The number of halogens is 1. The number of esters is 2. The van der Waals surface area contributed by atoms with E-state index in [1.54, 1.807) is 30.3 Å². The number of benzene rings is 3. The van der Waals surface area contributed by atoms with Crippen molar-refractivity contribution in [3.63, 3.8) is 0 Å². The van der Waals surface area contributed by atoms with E-state index in [0.717, 1.165) is 10.0 Å². The molecule has 1 aliphatic rings. The molecule has 0 aromatic heterocycles. The quantitative estimate of drug-likeness (QED) is 0.536. The molecule has 6 nitrogen and oxygen atoms in total. The van der Waals surface area contributed by atoms with Gasteiger partial charge >= 0.3 is 11.9 Å². The molecule has 0 spiro atoms. The predicted octanol–water partition coefficient (Wildman–Crippen LogP) is 4.70. The monoisotopic (exact) mass is 479 g/mol. The predicted molar refractivity (Wildman–Crippen MR) is 118 cm³/mol. The minimum Gasteiger partial charge on any atom is -0.454 e. The highest BCUT2D eigenvalue weighted by Gasteiger charge is 2.28. The summed E-state index contributed by atoms with van der Waals surface area (Å²) in [5, 5.41) is 2.67. The Balaban J connectivity index is 1.42. The third kappa shape index (κ3) is 4.83. The number of ether oxygens (including phenoxy) is 2. The smallest absolute Gasteiger partial charge is 0.339 e. The van der Waals surface area contributed by atoms with Crippen molar-refractivity contribution < 1.29 is 23.9 Å². The normalized spacial score (nSPS) is 14.9. The Kier molecular flexibility index (Phi) is 6.13. The first-order valence-electron chi connectivity index (χ1n) is 9.61. The second-order valence-corrected chi connectivity index (χ2v) is 7.84. The summed E-state index contributed by atoms with van der Waals surface area (Å²) in [5.74, 6) is -1.52. The van der Waals surface area contributed by atoms with Crippen LogP contribution in [0.2, 0.25) is 0 Å². The van der Waals surface area contributed by atoms with Gasteiger partial charge in [-0.05, 0) is 57.4 Å². The molecule has 0 aliphatic carbocycles. The van der Waals surface area contributed by atoms with Crippen LogP contribution in [0.1, 0.15) is 37.9 Å². The molecule has 0 bridgehead atoms. The van der Waals surface area contributed by atoms with Crippen LogP contribution in [-0.4, -0.2) is 24.5 Å². The zero-order valence-electron chi connectivity index (χ0n) is 16.3. The van der Waals surface area contributed by atoms with Crippen LogP contribution >= 0.6 is 15.9 Å². The first-order valence-corrected chi connectivity index (χ1v) is 10.4. The van der Waals surface area contributed by atoms with Crippen LogP contribution in [0.15, 0.2) is 77.3 Å². The Labute approximate surface area is 187 Å². The number of cyclic esters (lactones) is 1. The molecule has 31 heavy (non-hydrogen) atoms. The van der Waals surface area contributed by atoms with Gasteiger partial charge in [-0.25, -0.2) is 9.59 Å². The number of hydrogen-bond acceptors (Lipinski definition) is 5. The first-order chi connectivity index (χ1) is 15.0. The van der Waals surface area contributed by atoms with E-state index in [4.69, 9.17) is 9.47 Å². The number of nitrogens with one attached hydrogen (secondary N) is 1. The molecule has 0 fully saturated rings. The van der Waals surface area contributed by atoms with Crippen LogP contribution < -0.4 is 5.32 Å². The van der Waals surface area contributed by atoms with Gasteiger partial charge in [0.1, 0.15) is 6.10 Å². The lowest BCUT2D eigenvalue weighted by atomic mass is 9.93. The van der Waals surface area contributed by atoms with Crippen LogP contribution in [0.5, 0.6) is 0 Å². The summed E-state index contributed by atoms with van der Waals surface area (Å²) in [5.41, 5.74) is 2.88. The summed E-state index contributed by atoms with van der Waals surface area (Å²) in [6.07, 6.45) is 0.0388. The number of fused-ring (bicyclic) bond motifs is 1. The zero-order chi connectivity index (χ0) is 21.8. The van der Waals surface area contributed by atoms with Crippen molar-refractivity contribution in [2.75, 3.05) is 11.9 Å². The molecule has 1 heterocycles. The molecule has 1 atom stereocenters. The Morgan fingerprint density at radius 3 is 2.55 bits per heavy atom. The number of amides is 1. The van der Waals surface area contributed by atoms with Gasteiger partial charge in [0.2, 0.25) is 0 Å². The lowest BCUT2D eigenvalue weighted by Crippen LogP contribution is -2.23. The molecule has 1 N–H and O–H groups in total. The van der Waals surface area contributed by atoms with Gasteiger partial charge in [0, 0.05) is 10.9 Å². The van der Waals surface area contributed by atoms with E-state index in [2.05, 4.69) is 21.2 Å². The number of hydrogen-bond donors (Lipinski definition) is 1.